The maximum absolute atomic E-state index is 13.5. The minimum Gasteiger partial charge on any atom is -0.341 e. The first-order chi connectivity index (χ1) is 13.6. The van der Waals surface area contributed by atoms with Crippen molar-refractivity contribution in [2.75, 3.05) is 13.1 Å². The number of nitrogens with zero attached hydrogens (tertiary/aromatic N) is 2. The largest absolute Gasteiger partial charge is 0.341 e. The molecule has 5 heteroatoms. The monoisotopic (exact) mass is 378 g/mol. The van der Waals surface area contributed by atoms with E-state index >= 15 is 0 Å². The number of likely N-dealkylation sites (tertiary alicyclic amines) is 1. The Kier molecular flexibility index (Phi) is 5.24. The summed E-state index contributed by atoms with van der Waals surface area (Å²) in [6, 6.07) is 16.0. The van der Waals surface area contributed by atoms with Crippen LogP contribution < -0.4 is 5.43 Å². The highest BCUT2D eigenvalue weighted by Crippen LogP contribution is 2.22. The Hall–Kier alpha value is -2.95. The van der Waals surface area contributed by atoms with Crippen molar-refractivity contribution in [3.05, 3.63) is 82.4 Å². The first-order valence-electron chi connectivity index (χ1n) is 9.70. The predicted octanol–water partition coefficient (Wildman–Crippen LogP) is 3.62. The van der Waals surface area contributed by atoms with Crippen molar-refractivity contribution in [2.24, 2.45) is 5.92 Å². The lowest BCUT2D eigenvalue weighted by atomic mass is 9.90. The van der Waals surface area contributed by atoms with Crippen molar-refractivity contribution < 1.29 is 9.18 Å². The SMILES string of the molecule is O=C(Cn1ccc(=O)c2cc(F)ccc21)N1CCC(Cc2ccccc2)CC1. The first kappa shape index (κ1) is 18.4. The number of carbonyl (C=O) groups excluding carboxylic acids is 1. The van der Waals surface area contributed by atoms with Crippen LogP contribution in [0, 0.1) is 11.7 Å². The van der Waals surface area contributed by atoms with E-state index in [4.69, 9.17) is 0 Å². The summed E-state index contributed by atoms with van der Waals surface area (Å²) in [5.74, 6) is 0.184. The van der Waals surface area contributed by atoms with Crippen LogP contribution in [0.25, 0.3) is 10.9 Å². The molecule has 1 aliphatic rings. The normalized spacial score (nSPS) is 15.1. The third-order valence-corrected chi connectivity index (χ3v) is 5.58. The van der Waals surface area contributed by atoms with E-state index in [0.717, 1.165) is 32.4 Å². The summed E-state index contributed by atoms with van der Waals surface area (Å²) in [7, 11) is 0. The quantitative estimate of drug-likeness (QED) is 0.696. The molecule has 0 atom stereocenters. The molecule has 1 amide bonds. The summed E-state index contributed by atoms with van der Waals surface area (Å²) in [5, 5.41) is 0.303. The zero-order valence-corrected chi connectivity index (χ0v) is 15.7. The second kappa shape index (κ2) is 7.97. The maximum Gasteiger partial charge on any atom is 0.242 e. The van der Waals surface area contributed by atoms with Gasteiger partial charge in [0, 0.05) is 30.7 Å². The lowest BCUT2D eigenvalue weighted by molar-refractivity contribution is -0.133. The summed E-state index contributed by atoms with van der Waals surface area (Å²) in [5.41, 5.74) is 1.69. The number of benzene rings is 2. The third kappa shape index (κ3) is 3.98. The highest BCUT2D eigenvalue weighted by molar-refractivity contribution is 5.82. The number of halogens is 1. The molecule has 3 aromatic rings. The smallest absolute Gasteiger partial charge is 0.242 e. The summed E-state index contributed by atoms with van der Waals surface area (Å²) in [6.45, 7) is 1.66. The molecule has 1 fully saturated rings. The number of pyridine rings is 1. The van der Waals surface area contributed by atoms with Crippen LogP contribution in [0.1, 0.15) is 18.4 Å². The van der Waals surface area contributed by atoms with Gasteiger partial charge >= 0.3 is 0 Å². The van der Waals surface area contributed by atoms with Gasteiger partial charge in [-0.2, -0.15) is 0 Å². The molecule has 0 saturated carbocycles. The average Bonchev–Trinajstić information content (AvgIpc) is 2.71. The van der Waals surface area contributed by atoms with Gasteiger partial charge in [-0.05, 0) is 48.9 Å². The van der Waals surface area contributed by atoms with Crippen LogP contribution in [0.2, 0.25) is 0 Å². The number of amides is 1. The topological polar surface area (TPSA) is 42.3 Å². The van der Waals surface area contributed by atoms with E-state index in [0.29, 0.717) is 16.8 Å². The summed E-state index contributed by atoms with van der Waals surface area (Å²) >= 11 is 0. The number of fused-ring (bicyclic) bond motifs is 1. The molecule has 144 valence electrons. The number of hydrogen-bond acceptors (Lipinski definition) is 2. The summed E-state index contributed by atoms with van der Waals surface area (Å²) in [6.07, 6.45) is 4.66. The van der Waals surface area contributed by atoms with E-state index in [9.17, 15) is 14.0 Å². The van der Waals surface area contributed by atoms with E-state index in [-0.39, 0.29) is 17.9 Å². The summed E-state index contributed by atoms with van der Waals surface area (Å²) < 4.78 is 15.2. The fourth-order valence-corrected chi connectivity index (χ4v) is 4.00. The van der Waals surface area contributed by atoms with Gasteiger partial charge in [0.1, 0.15) is 12.4 Å². The van der Waals surface area contributed by atoms with Crippen molar-refractivity contribution in [1.29, 1.82) is 0 Å². The third-order valence-electron chi connectivity index (χ3n) is 5.58. The highest BCUT2D eigenvalue weighted by Gasteiger charge is 2.23. The molecule has 4 rings (SSSR count). The number of carbonyl (C=O) groups is 1. The number of hydrogen-bond donors (Lipinski definition) is 0. The number of aromatic nitrogens is 1. The van der Waals surface area contributed by atoms with Gasteiger partial charge in [-0.25, -0.2) is 4.39 Å². The van der Waals surface area contributed by atoms with Crippen molar-refractivity contribution in [1.82, 2.24) is 9.47 Å². The molecule has 0 bridgehead atoms. The molecular formula is C23H23FN2O2. The van der Waals surface area contributed by atoms with Crippen LogP contribution in [0.15, 0.2) is 65.6 Å². The van der Waals surface area contributed by atoms with Gasteiger partial charge in [0.2, 0.25) is 5.91 Å². The number of piperidine rings is 1. The Morgan fingerprint density at radius 3 is 2.54 bits per heavy atom. The van der Waals surface area contributed by atoms with Crippen LogP contribution in [0.5, 0.6) is 0 Å². The fraction of sp³-hybridized carbons (Fsp3) is 0.304. The van der Waals surface area contributed by atoms with Gasteiger partial charge < -0.3 is 9.47 Å². The van der Waals surface area contributed by atoms with Crippen LogP contribution >= 0.6 is 0 Å². The minimum atomic E-state index is -0.450. The van der Waals surface area contributed by atoms with E-state index in [1.807, 2.05) is 11.0 Å². The van der Waals surface area contributed by atoms with Gasteiger partial charge in [-0.1, -0.05) is 30.3 Å². The zero-order valence-electron chi connectivity index (χ0n) is 15.7. The molecule has 2 aromatic carbocycles. The lowest BCUT2D eigenvalue weighted by Crippen LogP contribution is -2.40. The maximum atomic E-state index is 13.5. The predicted molar refractivity (Wildman–Crippen MR) is 108 cm³/mol. The van der Waals surface area contributed by atoms with Gasteiger partial charge in [-0.15, -0.1) is 0 Å². The van der Waals surface area contributed by atoms with E-state index in [2.05, 4.69) is 24.3 Å². The average molecular weight is 378 g/mol. The minimum absolute atomic E-state index is 0.0347. The van der Waals surface area contributed by atoms with Crippen molar-refractivity contribution in [3.8, 4) is 0 Å². The van der Waals surface area contributed by atoms with E-state index in [1.165, 1.54) is 23.8 Å². The Morgan fingerprint density at radius 1 is 1.04 bits per heavy atom. The van der Waals surface area contributed by atoms with Crippen molar-refractivity contribution in [2.45, 2.75) is 25.8 Å². The number of rotatable bonds is 4. The Morgan fingerprint density at radius 2 is 1.79 bits per heavy atom. The van der Waals surface area contributed by atoms with Crippen molar-refractivity contribution >= 4 is 16.8 Å². The molecule has 2 heterocycles. The molecule has 1 aromatic heterocycles. The molecule has 0 spiro atoms. The second-order valence-corrected chi connectivity index (χ2v) is 7.48. The van der Waals surface area contributed by atoms with Gasteiger partial charge in [0.25, 0.3) is 0 Å². The molecule has 4 nitrogen and oxygen atoms in total. The van der Waals surface area contributed by atoms with Crippen LogP contribution in [0.3, 0.4) is 0 Å². The van der Waals surface area contributed by atoms with Crippen LogP contribution in [-0.4, -0.2) is 28.5 Å². The van der Waals surface area contributed by atoms with Crippen LogP contribution in [-0.2, 0) is 17.8 Å². The van der Waals surface area contributed by atoms with Gasteiger partial charge in [-0.3, -0.25) is 9.59 Å². The highest BCUT2D eigenvalue weighted by atomic mass is 19.1. The Labute approximate surface area is 163 Å². The fourth-order valence-electron chi connectivity index (χ4n) is 4.00. The molecule has 0 radical (unpaired) electrons. The first-order valence-corrected chi connectivity index (χ1v) is 9.70. The molecule has 1 saturated heterocycles. The standard InChI is InChI=1S/C23H23FN2O2/c24-19-6-7-21-20(15-19)22(27)10-13-26(21)16-23(28)25-11-8-18(9-12-25)14-17-4-2-1-3-5-17/h1-7,10,13,15,18H,8-9,11-12,14,16H2. The molecule has 0 aliphatic carbocycles. The van der Waals surface area contributed by atoms with Crippen molar-refractivity contribution in [3.63, 3.8) is 0 Å². The lowest BCUT2D eigenvalue weighted by Gasteiger charge is -2.32. The zero-order chi connectivity index (χ0) is 19.5. The molecule has 0 N–H and O–H groups in total. The van der Waals surface area contributed by atoms with Crippen LogP contribution in [0.4, 0.5) is 4.39 Å². The van der Waals surface area contributed by atoms with Gasteiger partial charge in [0.15, 0.2) is 5.43 Å². The van der Waals surface area contributed by atoms with E-state index < -0.39 is 5.82 Å². The summed E-state index contributed by atoms with van der Waals surface area (Å²) in [4.78, 5) is 26.7. The van der Waals surface area contributed by atoms with E-state index in [1.54, 1.807) is 16.8 Å². The molecule has 0 unspecified atom stereocenters. The molecule has 28 heavy (non-hydrogen) atoms. The molecular weight excluding hydrogens is 355 g/mol. The van der Waals surface area contributed by atoms with Gasteiger partial charge in [0.05, 0.1) is 5.52 Å². The Balaban J connectivity index is 1.41. The second-order valence-electron chi connectivity index (χ2n) is 7.48. The Bertz CT molecular complexity index is 1040. The molecule has 1 aliphatic heterocycles.